The number of nitrogens with one attached hydrogen (secondary N) is 2. The van der Waals surface area contributed by atoms with Crippen molar-refractivity contribution >= 4 is 17.2 Å². The molecule has 5 heterocycles. The van der Waals surface area contributed by atoms with Crippen LogP contribution in [0.4, 0.5) is 10.2 Å². The maximum absolute atomic E-state index is 13.7. The van der Waals surface area contributed by atoms with E-state index in [0.717, 1.165) is 37.5 Å². The second kappa shape index (κ2) is 5.88. The van der Waals surface area contributed by atoms with Gasteiger partial charge >= 0.3 is 0 Å². The third-order valence-electron chi connectivity index (χ3n) is 5.87. The highest BCUT2D eigenvalue weighted by molar-refractivity contribution is 5.82. The van der Waals surface area contributed by atoms with Gasteiger partial charge < -0.3 is 10.2 Å². The normalized spacial score (nSPS) is 35.1. The van der Waals surface area contributed by atoms with Crippen LogP contribution in [0, 0.1) is 11.8 Å². The Balaban J connectivity index is 1.28. The predicted octanol–water partition coefficient (Wildman–Crippen LogP) is -0.173. The van der Waals surface area contributed by atoms with E-state index in [1.807, 2.05) is 16.8 Å². The summed E-state index contributed by atoms with van der Waals surface area (Å²) in [7, 11) is 0. The molecule has 5 atom stereocenters. The quantitative estimate of drug-likeness (QED) is 0.775. The minimum atomic E-state index is -1.48. The molecule has 0 saturated carbocycles. The lowest BCUT2D eigenvalue weighted by Gasteiger charge is -2.37. The number of aromatic nitrogens is 3. The van der Waals surface area contributed by atoms with Gasteiger partial charge in [-0.3, -0.25) is 15.0 Å². The van der Waals surface area contributed by atoms with Crippen molar-refractivity contribution in [2.75, 3.05) is 31.1 Å². The van der Waals surface area contributed by atoms with Crippen LogP contribution in [0.1, 0.15) is 6.92 Å². The fourth-order valence-corrected chi connectivity index (χ4v) is 4.51. The second-order valence-electron chi connectivity index (χ2n) is 7.56. The Morgan fingerprint density at radius 1 is 1.19 bits per heavy atom. The monoisotopic (exact) mass is 359 g/mol. The third kappa shape index (κ3) is 2.45. The number of halogens is 1. The van der Waals surface area contributed by atoms with Crippen LogP contribution in [0.2, 0.25) is 0 Å². The van der Waals surface area contributed by atoms with E-state index in [2.05, 4.69) is 30.5 Å². The van der Waals surface area contributed by atoms with E-state index in [0.29, 0.717) is 11.8 Å². The molecular weight excluding hydrogens is 337 g/mol. The van der Waals surface area contributed by atoms with E-state index in [1.54, 1.807) is 19.3 Å². The maximum Gasteiger partial charge on any atom is 0.258 e. The topological polar surface area (TPSA) is 77.8 Å². The number of amides is 1. The first kappa shape index (κ1) is 16.0. The molecule has 0 radical (unpaired) electrons. The number of nitrogens with zero attached hydrogens (tertiary/aromatic N) is 5. The number of likely N-dealkylation sites (tertiary alicyclic amines) is 1. The summed E-state index contributed by atoms with van der Waals surface area (Å²) in [6.07, 6.45) is 3.67. The Bertz CT molecular complexity index is 827. The van der Waals surface area contributed by atoms with Crippen LogP contribution in [0.3, 0.4) is 0 Å². The first-order chi connectivity index (χ1) is 12.6. The van der Waals surface area contributed by atoms with Gasteiger partial charge in [-0.15, -0.1) is 0 Å². The lowest BCUT2D eigenvalue weighted by molar-refractivity contribution is -0.133. The van der Waals surface area contributed by atoms with Crippen LogP contribution < -0.4 is 15.5 Å². The molecule has 3 fully saturated rings. The third-order valence-corrected chi connectivity index (χ3v) is 5.87. The van der Waals surface area contributed by atoms with E-state index in [-0.39, 0.29) is 6.29 Å². The summed E-state index contributed by atoms with van der Waals surface area (Å²) >= 11 is 0. The van der Waals surface area contributed by atoms with Crippen molar-refractivity contribution in [1.82, 2.24) is 30.1 Å². The Morgan fingerprint density at radius 2 is 1.96 bits per heavy atom. The number of carbonyl (C=O) groups is 1. The number of alkyl halides is 1. The minimum Gasteiger partial charge on any atom is -0.354 e. The average Bonchev–Trinajstić information content (AvgIpc) is 3.32. The van der Waals surface area contributed by atoms with E-state index < -0.39 is 18.1 Å². The van der Waals surface area contributed by atoms with Gasteiger partial charge in [0, 0.05) is 44.6 Å². The Morgan fingerprint density at radius 3 is 2.69 bits per heavy atom. The predicted molar refractivity (Wildman–Crippen MR) is 93.2 cm³/mol. The summed E-state index contributed by atoms with van der Waals surface area (Å²) in [5.74, 6) is 1.48. The molecule has 5 rings (SSSR count). The molecule has 0 aromatic carbocycles. The molecule has 0 aliphatic carbocycles. The van der Waals surface area contributed by atoms with E-state index in [9.17, 15) is 9.18 Å². The van der Waals surface area contributed by atoms with Crippen LogP contribution in [0.5, 0.6) is 0 Å². The Hall–Kier alpha value is -2.26. The highest BCUT2D eigenvalue weighted by Crippen LogP contribution is 2.35. The van der Waals surface area contributed by atoms with Crippen molar-refractivity contribution in [1.29, 1.82) is 0 Å². The lowest BCUT2D eigenvalue weighted by Crippen LogP contribution is -2.67. The van der Waals surface area contributed by atoms with Gasteiger partial charge in [0.15, 0.2) is 12.0 Å². The fraction of sp³-hybridized carbons (Fsp3) is 0.588. The van der Waals surface area contributed by atoms with Crippen LogP contribution in [-0.4, -0.2) is 70.1 Å². The van der Waals surface area contributed by atoms with Crippen LogP contribution >= 0.6 is 0 Å². The largest absolute Gasteiger partial charge is 0.354 e. The zero-order valence-electron chi connectivity index (χ0n) is 14.5. The molecule has 0 bridgehead atoms. The molecule has 3 saturated heterocycles. The zero-order chi connectivity index (χ0) is 17.8. The highest BCUT2D eigenvalue weighted by atomic mass is 19.1. The van der Waals surface area contributed by atoms with E-state index in [1.165, 1.54) is 0 Å². The second-order valence-corrected chi connectivity index (χ2v) is 7.56. The molecule has 2 aromatic heterocycles. The van der Waals surface area contributed by atoms with Gasteiger partial charge in [-0.1, -0.05) is 0 Å². The number of fused-ring (bicyclic) bond motifs is 2. The Kier molecular flexibility index (Phi) is 3.61. The highest BCUT2D eigenvalue weighted by Gasteiger charge is 2.45. The Labute approximate surface area is 150 Å². The molecule has 26 heavy (non-hydrogen) atoms. The van der Waals surface area contributed by atoms with Crippen LogP contribution in [-0.2, 0) is 4.79 Å². The molecule has 3 aliphatic rings. The number of carbonyl (C=O) groups excluding carboxylic acids is 1. The molecule has 138 valence electrons. The summed E-state index contributed by atoms with van der Waals surface area (Å²) in [5, 5.41) is 10.2. The summed E-state index contributed by atoms with van der Waals surface area (Å²) < 4.78 is 15.5. The molecule has 3 aliphatic heterocycles. The van der Waals surface area contributed by atoms with Gasteiger partial charge in [0.1, 0.15) is 11.8 Å². The number of hydrogen-bond acceptors (Lipinski definition) is 6. The summed E-state index contributed by atoms with van der Waals surface area (Å²) in [5.41, 5.74) is 1.02. The molecular formula is C17H22FN7O. The fourth-order valence-electron chi connectivity index (χ4n) is 4.51. The molecule has 1 amide bonds. The molecule has 2 aromatic rings. The first-order valence-corrected chi connectivity index (χ1v) is 9.08. The van der Waals surface area contributed by atoms with Crippen molar-refractivity contribution in [2.45, 2.75) is 25.4 Å². The zero-order valence-corrected chi connectivity index (χ0v) is 14.5. The van der Waals surface area contributed by atoms with Gasteiger partial charge in [-0.05, 0) is 24.8 Å². The molecule has 0 spiro atoms. The van der Waals surface area contributed by atoms with Gasteiger partial charge in [-0.2, -0.15) is 5.10 Å². The number of hydrogen-bond donors (Lipinski definition) is 2. The number of anilines is 1. The molecule has 5 unspecified atom stereocenters. The molecule has 8 nitrogen and oxygen atoms in total. The summed E-state index contributed by atoms with van der Waals surface area (Å²) in [6, 6.07) is 1.52. The van der Waals surface area contributed by atoms with Crippen molar-refractivity contribution in [2.24, 2.45) is 11.8 Å². The molecule has 2 N–H and O–H groups in total. The van der Waals surface area contributed by atoms with Crippen molar-refractivity contribution in [3.63, 3.8) is 0 Å². The van der Waals surface area contributed by atoms with Gasteiger partial charge in [0.25, 0.3) is 5.91 Å². The molecule has 9 heteroatoms. The van der Waals surface area contributed by atoms with Crippen molar-refractivity contribution < 1.29 is 9.18 Å². The van der Waals surface area contributed by atoms with Crippen molar-refractivity contribution in [3.05, 3.63) is 24.7 Å². The van der Waals surface area contributed by atoms with E-state index in [4.69, 9.17) is 0 Å². The average molecular weight is 359 g/mol. The standard InChI is InChI=1S/C17H22FN7O/c1-10-14(18)16(26)22-17(21-10)24-8-11-6-23(7-12(11)9-24)15-13-2-3-20-25(13)5-4-19-15/h2-5,10-12,14,17,21H,6-9H2,1H3,(H,22,26). The van der Waals surface area contributed by atoms with Crippen LogP contribution in [0.25, 0.3) is 5.52 Å². The van der Waals surface area contributed by atoms with Gasteiger partial charge in [0.05, 0.1) is 6.20 Å². The van der Waals surface area contributed by atoms with Gasteiger partial charge in [-0.25, -0.2) is 13.9 Å². The van der Waals surface area contributed by atoms with Crippen LogP contribution in [0.15, 0.2) is 24.7 Å². The van der Waals surface area contributed by atoms with E-state index >= 15 is 0 Å². The minimum absolute atomic E-state index is 0.278. The SMILES string of the molecule is CC1NC(N2CC3CN(c4nccn5nccc45)CC3C2)NC(=O)C1F. The lowest BCUT2D eigenvalue weighted by atomic mass is 10.0. The van der Waals surface area contributed by atoms with Gasteiger partial charge in [0.2, 0.25) is 0 Å². The summed E-state index contributed by atoms with van der Waals surface area (Å²) in [4.78, 5) is 20.9. The first-order valence-electron chi connectivity index (χ1n) is 9.08. The maximum atomic E-state index is 13.7. The smallest absolute Gasteiger partial charge is 0.258 e. The summed E-state index contributed by atoms with van der Waals surface area (Å²) in [6.45, 7) is 5.34. The van der Waals surface area contributed by atoms with Crippen molar-refractivity contribution in [3.8, 4) is 0 Å². The number of rotatable bonds is 2.